The second-order valence-electron chi connectivity index (χ2n) is 4.67. The molecule has 0 unspecified atom stereocenters. The van der Waals surface area contributed by atoms with E-state index in [4.69, 9.17) is 4.74 Å². The number of hydrogen-bond acceptors (Lipinski definition) is 4. The van der Waals surface area contributed by atoms with Gasteiger partial charge >= 0.3 is 0 Å². The van der Waals surface area contributed by atoms with Crippen LogP contribution in [0.25, 0.3) is 0 Å². The van der Waals surface area contributed by atoms with Crippen LogP contribution in [0.15, 0.2) is 0 Å². The zero-order chi connectivity index (χ0) is 12.2. The van der Waals surface area contributed by atoms with E-state index in [1.807, 2.05) is 13.8 Å². The van der Waals surface area contributed by atoms with E-state index < -0.39 is 16.1 Å². The normalized spacial score (nSPS) is 23.9. The molecule has 0 aromatic carbocycles. The summed E-state index contributed by atoms with van der Waals surface area (Å²) in [6, 6.07) is 0. The minimum Gasteiger partial charge on any atom is -0.391 e. The minimum atomic E-state index is -3.28. The Labute approximate surface area is 97.2 Å². The second kappa shape index (κ2) is 5.95. The molecular weight excluding hydrogens is 230 g/mol. The molecule has 0 radical (unpaired) electrons. The summed E-state index contributed by atoms with van der Waals surface area (Å²) in [5.74, 6) is 0.240. The van der Waals surface area contributed by atoms with Gasteiger partial charge < -0.3 is 9.84 Å². The lowest BCUT2D eigenvalue weighted by molar-refractivity contribution is 0.129. The standard InChI is InChI=1S/C10H21NO4S/c1-8(2)10(12)5-11-16(13,14)7-9-3-4-15-6-9/h8-12H,3-7H2,1-2H3/t9-,10+/m0/s1. The van der Waals surface area contributed by atoms with E-state index in [0.717, 1.165) is 6.42 Å². The molecule has 96 valence electrons. The summed E-state index contributed by atoms with van der Waals surface area (Å²) in [6.45, 7) is 4.96. The Morgan fingerprint density at radius 3 is 2.69 bits per heavy atom. The monoisotopic (exact) mass is 251 g/mol. The Bertz CT molecular complexity index is 296. The van der Waals surface area contributed by atoms with Gasteiger partial charge in [0.15, 0.2) is 0 Å². The molecule has 1 fully saturated rings. The average Bonchev–Trinajstić information content (AvgIpc) is 2.65. The molecule has 0 aromatic rings. The summed E-state index contributed by atoms with van der Waals surface area (Å²) in [4.78, 5) is 0. The highest BCUT2D eigenvalue weighted by atomic mass is 32.2. The van der Waals surface area contributed by atoms with Gasteiger partial charge in [-0.3, -0.25) is 0 Å². The number of sulfonamides is 1. The summed E-state index contributed by atoms with van der Waals surface area (Å²) in [6.07, 6.45) is 0.169. The van der Waals surface area contributed by atoms with Crippen LogP contribution in [0.3, 0.4) is 0 Å². The first-order chi connectivity index (χ1) is 7.41. The third-order valence-electron chi connectivity index (χ3n) is 2.76. The van der Waals surface area contributed by atoms with Crippen LogP contribution >= 0.6 is 0 Å². The molecule has 2 N–H and O–H groups in total. The van der Waals surface area contributed by atoms with Crippen molar-refractivity contribution in [2.45, 2.75) is 26.4 Å². The maximum absolute atomic E-state index is 11.6. The fourth-order valence-corrected chi connectivity index (χ4v) is 2.96. The third-order valence-corrected chi connectivity index (χ3v) is 4.28. The molecular formula is C10H21NO4S. The van der Waals surface area contributed by atoms with Gasteiger partial charge in [-0.25, -0.2) is 13.1 Å². The Morgan fingerprint density at radius 1 is 1.50 bits per heavy atom. The molecule has 0 amide bonds. The highest BCUT2D eigenvalue weighted by molar-refractivity contribution is 7.89. The van der Waals surface area contributed by atoms with Crippen molar-refractivity contribution in [3.63, 3.8) is 0 Å². The Hall–Kier alpha value is -0.170. The van der Waals surface area contributed by atoms with Gasteiger partial charge in [0.25, 0.3) is 0 Å². The number of ether oxygens (including phenoxy) is 1. The van der Waals surface area contributed by atoms with Crippen LogP contribution in [0.1, 0.15) is 20.3 Å². The van der Waals surface area contributed by atoms with Crippen LogP contribution in [0.2, 0.25) is 0 Å². The lowest BCUT2D eigenvalue weighted by Gasteiger charge is -2.16. The van der Waals surface area contributed by atoms with E-state index in [9.17, 15) is 13.5 Å². The molecule has 5 nitrogen and oxygen atoms in total. The third kappa shape index (κ3) is 4.78. The fraction of sp³-hybridized carbons (Fsp3) is 1.00. The SMILES string of the molecule is CC(C)[C@H](O)CNS(=O)(=O)C[C@H]1CCOC1. The summed E-state index contributed by atoms with van der Waals surface area (Å²) in [5.41, 5.74) is 0. The van der Waals surface area contributed by atoms with E-state index in [0.29, 0.717) is 13.2 Å². The van der Waals surface area contributed by atoms with Crippen molar-refractivity contribution in [1.82, 2.24) is 4.72 Å². The molecule has 6 heteroatoms. The molecule has 0 aromatic heterocycles. The van der Waals surface area contributed by atoms with Gasteiger partial charge in [-0.2, -0.15) is 0 Å². The molecule has 0 spiro atoms. The van der Waals surface area contributed by atoms with Crippen LogP contribution in [0.4, 0.5) is 0 Å². The van der Waals surface area contributed by atoms with Gasteiger partial charge in [0, 0.05) is 13.2 Å². The summed E-state index contributed by atoms with van der Waals surface area (Å²) in [5, 5.41) is 9.50. The van der Waals surface area contributed by atoms with Crippen LogP contribution < -0.4 is 4.72 Å². The van der Waals surface area contributed by atoms with E-state index >= 15 is 0 Å². The van der Waals surface area contributed by atoms with Crippen LogP contribution in [-0.4, -0.2) is 45.1 Å². The summed E-state index contributed by atoms with van der Waals surface area (Å²) in [7, 11) is -3.28. The quantitative estimate of drug-likeness (QED) is 0.694. The second-order valence-corrected chi connectivity index (χ2v) is 6.52. The van der Waals surface area contributed by atoms with Crippen molar-refractivity contribution in [2.24, 2.45) is 11.8 Å². The molecule has 16 heavy (non-hydrogen) atoms. The van der Waals surface area contributed by atoms with Crippen molar-refractivity contribution in [2.75, 3.05) is 25.5 Å². The Kier molecular flexibility index (Phi) is 5.17. The number of rotatable bonds is 6. The van der Waals surface area contributed by atoms with Gasteiger partial charge in [0.2, 0.25) is 10.0 Å². The van der Waals surface area contributed by atoms with Gasteiger partial charge in [0.05, 0.1) is 18.5 Å². The number of nitrogens with one attached hydrogen (secondary N) is 1. The first-order valence-electron chi connectivity index (χ1n) is 5.64. The lowest BCUT2D eigenvalue weighted by Crippen LogP contribution is -2.37. The van der Waals surface area contributed by atoms with Gasteiger partial charge in [-0.05, 0) is 18.3 Å². The Balaban J connectivity index is 2.33. The van der Waals surface area contributed by atoms with Crippen LogP contribution in [0, 0.1) is 11.8 Å². The minimum absolute atomic E-state index is 0.0533. The van der Waals surface area contributed by atoms with Crippen LogP contribution in [0.5, 0.6) is 0 Å². The van der Waals surface area contributed by atoms with E-state index in [-0.39, 0.29) is 24.1 Å². The molecule has 1 saturated heterocycles. The number of aliphatic hydroxyl groups excluding tert-OH is 1. The highest BCUT2D eigenvalue weighted by Crippen LogP contribution is 2.14. The zero-order valence-electron chi connectivity index (χ0n) is 9.85. The van der Waals surface area contributed by atoms with Crippen molar-refractivity contribution < 1.29 is 18.3 Å². The first-order valence-corrected chi connectivity index (χ1v) is 7.29. The number of aliphatic hydroxyl groups is 1. The zero-order valence-corrected chi connectivity index (χ0v) is 10.7. The maximum atomic E-state index is 11.6. The molecule has 2 atom stereocenters. The largest absolute Gasteiger partial charge is 0.391 e. The van der Waals surface area contributed by atoms with Gasteiger partial charge in [0.1, 0.15) is 0 Å². The molecule has 1 aliphatic rings. The van der Waals surface area contributed by atoms with Crippen molar-refractivity contribution in [3.05, 3.63) is 0 Å². The topological polar surface area (TPSA) is 75.6 Å². The number of hydrogen-bond donors (Lipinski definition) is 2. The van der Waals surface area contributed by atoms with E-state index in [2.05, 4.69) is 4.72 Å². The fourth-order valence-electron chi connectivity index (χ4n) is 1.53. The van der Waals surface area contributed by atoms with Crippen molar-refractivity contribution in [3.8, 4) is 0 Å². The molecule has 1 aliphatic heterocycles. The smallest absolute Gasteiger partial charge is 0.212 e. The first kappa shape index (κ1) is 13.9. The van der Waals surface area contributed by atoms with E-state index in [1.54, 1.807) is 0 Å². The van der Waals surface area contributed by atoms with Gasteiger partial charge in [-0.15, -0.1) is 0 Å². The van der Waals surface area contributed by atoms with Gasteiger partial charge in [-0.1, -0.05) is 13.8 Å². The molecule has 0 aliphatic carbocycles. The predicted molar refractivity (Wildman–Crippen MR) is 61.6 cm³/mol. The highest BCUT2D eigenvalue weighted by Gasteiger charge is 2.23. The molecule has 0 saturated carbocycles. The average molecular weight is 251 g/mol. The molecule has 1 heterocycles. The molecule has 1 rings (SSSR count). The van der Waals surface area contributed by atoms with Crippen molar-refractivity contribution in [1.29, 1.82) is 0 Å². The summed E-state index contributed by atoms with van der Waals surface area (Å²) < 4.78 is 30.8. The maximum Gasteiger partial charge on any atom is 0.212 e. The van der Waals surface area contributed by atoms with E-state index in [1.165, 1.54) is 0 Å². The lowest BCUT2D eigenvalue weighted by atomic mass is 10.1. The predicted octanol–water partition coefficient (Wildman–Crippen LogP) is -0.0408. The molecule has 0 bridgehead atoms. The summed E-state index contributed by atoms with van der Waals surface area (Å²) >= 11 is 0. The van der Waals surface area contributed by atoms with Crippen molar-refractivity contribution >= 4 is 10.0 Å². The van der Waals surface area contributed by atoms with Crippen LogP contribution in [-0.2, 0) is 14.8 Å². The Morgan fingerprint density at radius 2 is 2.19 bits per heavy atom.